The molecule has 2 unspecified atom stereocenters. The number of halogens is 1. The fourth-order valence-corrected chi connectivity index (χ4v) is 3.51. The van der Waals surface area contributed by atoms with Crippen molar-refractivity contribution in [3.05, 3.63) is 34.1 Å². The number of anilines is 1. The highest BCUT2D eigenvalue weighted by molar-refractivity contribution is 5.50. The standard InChI is InChI=1S/C14H18FN3O2/c1-17-11-3-4-12(17)7-10(6-11)16-9-2-5-14(18(19)20)13(15)8-9/h2,5,8,10-12,16H,3-4,6-7H2,1H3. The first-order valence-corrected chi connectivity index (χ1v) is 6.97. The van der Waals surface area contributed by atoms with E-state index in [2.05, 4.69) is 17.3 Å². The molecular weight excluding hydrogens is 261 g/mol. The smallest absolute Gasteiger partial charge is 0.304 e. The van der Waals surface area contributed by atoms with Crippen molar-refractivity contribution in [1.82, 2.24) is 4.90 Å². The number of benzene rings is 1. The van der Waals surface area contributed by atoms with Gasteiger partial charge in [0.05, 0.1) is 4.92 Å². The Balaban J connectivity index is 1.70. The normalized spacial score (nSPS) is 29.4. The maximum atomic E-state index is 13.6. The van der Waals surface area contributed by atoms with Crippen LogP contribution < -0.4 is 5.32 Å². The van der Waals surface area contributed by atoms with Gasteiger partial charge in [-0.1, -0.05) is 0 Å². The summed E-state index contributed by atoms with van der Waals surface area (Å²) in [6, 6.07) is 5.56. The van der Waals surface area contributed by atoms with E-state index in [4.69, 9.17) is 0 Å². The van der Waals surface area contributed by atoms with Crippen molar-refractivity contribution in [3.63, 3.8) is 0 Å². The number of nitrogens with one attached hydrogen (secondary N) is 1. The minimum Gasteiger partial charge on any atom is -0.382 e. The Morgan fingerprint density at radius 1 is 1.35 bits per heavy atom. The second-order valence-corrected chi connectivity index (χ2v) is 5.79. The van der Waals surface area contributed by atoms with E-state index in [-0.39, 0.29) is 0 Å². The highest BCUT2D eigenvalue weighted by atomic mass is 19.1. The third-order valence-electron chi connectivity index (χ3n) is 4.61. The van der Waals surface area contributed by atoms with Gasteiger partial charge in [-0.05, 0) is 38.8 Å². The Bertz CT molecular complexity index is 523. The fourth-order valence-electron chi connectivity index (χ4n) is 3.51. The number of nitrogens with zero attached hydrogens (tertiary/aromatic N) is 2. The van der Waals surface area contributed by atoms with Crippen LogP contribution in [0.2, 0.25) is 0 Å². The number of fused-ring (bicyclic) bond motifs is 2. The van der Waals surface area contributed by atoms with Gasteiger partial charge in [0.2, 0.25) is 5.82 Å². The molecule has 6 heteroatoms. The molecule has 1 N–H and O–H groups in total. The van der Waals surface area contributed by atoms with Crippen molar-refractivity contribution in [2.75, 3.05) is 12.4 Å². The molecule has 0 amide bonds. The molecule has 0 radical (unpaired) electrons. The van der Waals surface area contributed by atoms with Crippen molar-refractivity contribution in [3.8, 4) is 0 Å². The summed E-state index contributed by atoms with van der Waals surface area (Å²) in [6.45, 7) is 0. The van der Waals surface area contributed by atoms with Crippen molar-refractivity contribution >= 4 is 11.4 Å². The van der Waals surface area contributed by atoms with Gasteiger partial charge in [-0.25, -0.2) is 0 Å². The Kier molecular flexibility index (Phi) is 3.33. The zero-order chi connectivity index (χ0) is 14.3. The zero-order valence-corrected chi connectivity index (χ0v) is 11.4. The van der Waals surface area contributed by atoms with Crippen LogP contribution in [0.5, 0.6) is 0 Å². The van der Waals surface area contributed by atoms with Gasteiger partial charge < -0.3 is 10.2 Å². The van der Waals surface area contributed by atoms with Gasteiger partial charge in [-0.15, -0.1) is 0 Å². The second kappa shape index (κ2) is 5.01. The van der Waals surface area contributed by atoms with E-state index >= 15 is 0 Å². The SMILES string of the molecule is CN1C2CCC1CC(Nc1ccc([N+](=O)[O-])c(F)c1)C2. The van der Waals surface area contributed by atoms with Crippen LogP contribution in [-0.2, 0) is 0 Å². The molecule has 2 aliphatic rings. The van der Waals surface area contributed by atoms with Gasteiger partial charge in [0.1, 0.15) is 0 Å². The van der Waals surface area contributed by atoms with E-state index < -0.39 is 16.4 Å². The minimum absolute atomic E-state index is 0.324. The summed E-state index contributed by atoms with van der Waals surface area (Å²) < 4.78 is 13.6. The summed E-state index contributed by atoms with van der Waals surface area (Å²) in [6.07, 6.45) is 4.55. The topological polar surface area (TPSA) is 58.4 Å². The molecule has 20 heavy (non-hydrogen) atoms. The lowest BCUT2D eigenvalue weighted by Crippen LogP contribution is -2.44. The van der Waals surface area contributed by atoms with Gasteiger partial charge in [0.25, 0.3) is 0 Å². The predicted octanol–water partition coefficient (Wildman–Crippen LogP) is 2.77. The van der Waals surface area contributed by atoms with Gasteiger partial charge in [-0.2, -0.15) is 4.39 Å². The third-order valence-corrected chi connectivity index (χ3v) is 4.61. The van der Waals surface area contributed by atoms with E-state index in [0.29, 0.717) is 23.8 Å². The minimum atomic E-state index is -0.782. The van der Waals surface area contributed by atoms with Crippen LogP contribution in [0.15, 0.2) is 18.2 Å². The van der Waals surface area contributed by atoms with E-state index in [0.717, 1.165) is 12.8 Å². The lowest BCUT2D eigenvalue weighted by Gasteiger charge is -2.37. The number of piperidine rings is 1. The maximum Gasteiger partial charge on any atom is 0.304 e. The molecule has 2 saturated heterocycles. The lowest BCUT2D eigenvalue weighted by atomic mass is 9.98. The van der Waals surface area contributed by atoms with Crippen LogP contribution in [0.25, 0.3) is 0 Å². The molecule has 0 spiro atoms. The van der Waals surface area contributed by atoms with Gasteiger partial charge in [0, 0.05) is 35.9 Å². The molecule has 0 aromatic heterocycles. The largest absolute Gasteiger partial charge is 0.382 e. The van der Waals surface area contributed by atoms with Crippen molar-refractivity contribution in [2.24, 2.45) is 0 Å². The summed E-state index contributed by atoms with van der Waals surface area (Å²) in [5, 5.41) is 13.9. The first-order chi connectivity index (χ1) is 9.54. The average Bonchev–Trinajstić information content (AvgIpc) is 2.62. The van der Waals surface area contributed by atoms with Crippen molar-refractivity contribution in [2.45, 2.75) is 43.8 Å². The first-order valence-electron chi connectivity index (χ1n) is 6.97. The van der Waals surface area contributed by atoms with Crippen molar-refractivity contribution in [1.29, 1.82) is 0 Å². The highest BCUT2D eigenvalue weighted by Gasteiger charge is 2.38. The van der Waals surface area contributed by atoms with Crippen LogP contribution in [-0.4, -0.2) is 35.0 Å². The lowest BCUT2D eigenvalue weighted by molar-refractivity contribution is -0.387. The Hall–Kier alpha value is -1.69. The van der Waals surface area contributed by atoms with E-state index in [1.54, 1.807) is 6.07 Å². The molecule has 1 aromatic carbocycles. The molecule has 2 fully saturated rings. The number of nitro groups is 1. The first kappa shape index (κ1) is 13.3. The number of hydrogen-bond donors (Lipinski definition) is 1. The van der Waals surface area contributed by atoms with Gasteiger partial charge in [0.15, 0.2) is 0 Å². The molecular formula is C14H18FN3O2. The Morgan fingerprint density at radius 2 is 2.00 bits per heavy atom. The van der Waals surface area contributed by atoms with Gasteiger partial charge >= 0.3 is 5.69 Å². The van der Waals surface area contributed by atoms with E-state index in [9.17, 15) is 14.5 Å². The highest BCUT2D eigenvalue weighted by Crippen LogP contribution is 2.35. The molecule has 2 atom stereocenters. The van der Waals surface area contributed by atoms with Crippen LogP contribution in [0.4, 0.5) is 15.8 Å². The molecule has 5 nitrogen and oxygen atoms in total. The van der Waals surface area contributed by atoms with Gasteiger partial charge in [-0.3, -0.25) is 10.1 Å². The summed E-state index contributed by atoms with van der Waals surface area (Å²) in [4.78, 5) is 12.3. The molecule has 108 valence electrons. The zero-order valence-electron chi connectivity index (χ0n) is 11.4. The third kappa shape index (κ3) is 2.35. The van der Waals surface area contributed by atoms with Crippen LogP contribution in [0.1, 0.15) is 25.7 Å². The van der Waals surface area contributed by atoms with Crippen LogP contribution in [0.3, 0.4) is 0 Å². The molecule has 3 rings (SSSR count). The molecule has 2 bridgehead atoms. The average molecular weight is 279 g/mol. The van der Waals surface area contributed by atoms with Crippen LogP contribution in [0, 0.1) is 15.9 Å². The number of rotatable bonds is 3. The predicted molar refractivity (Wildman–Crippen MR) is 74.3 cm³/mol. The number of hydrogen-bond acceptors (Lipinski definition) is 4. The molecule has 2 aliphatic heterocycles. The molecule has 1 aromatic rings. The Labute approximate surface area is 116 Å². The summed E-state index contributed by atoms with van der Waals surface area (Å²) in [7, 11) is 2.17. The fraction of sp³-hybridized carbons (Fsp3) is 0.571. The molecule has 0 saturated carbocycles. The van der Waals surface area contributed by atoms with Crippen molar-refractivity contribution < 1.29 is 9.31 Å². The summed E-state index contributed by atoms with van der Waals surface area (Å²) >= 11 is 0. The summed E-state index contributed by atoms with van der Waals surface area (Å²) in [5.41, 5.74) is 0.154. The molecule has 2 heterocycles. The maximum absolute atomic E-state index is 13.6. The quantitative estimate of drug-likeness (QED) is 0.682. The van der Waals surface area contributed by atoms with E-state index in [1.165, 1.54) is 25.0 Å². The van der Waals surface area contributed by atoms with E-state index in [1.807, 2.05) is 0 Å². The Morgan fingerprint density at radius 3 is 2.55 bits per heavy atom. The monoisotopic (exact) mass is 279 g/mol. The van der Waals surface area contributed by atoms with Crippen LogP contribution >= 0.6 is 0 Å². The number of nitro benzene ring substituents is 1. The summed E-state index contributed by atoms with van der Waals surface area (Å²) in [5.74, 6) is -0.782. The molecule has 0 aliphatic carbocycles. The second-order valence-electron chi connectivity index (χ2n) is 5.79.